The number of amides is 1. The number of aromatic nitrogens is 2. The molecule has 0 unspecified atom stereocenters. The highest BCUT2D eigenvalue weighted by Crippen LogP contribution is 2.57. The lowest BCUT2D eigenvalue weighted by molar-refractivity contribution is -0.130. The zero-order valence-corrected chi connectivity index (χ0v) is 16.7. The van der Waals surface area contributed by atoms with Gasteiger partial charge in [0.15, 0.2) is 0 Å². The first-order valence-electron chi connectivity index (χ1n) is 9.49. The molecular formula is C20H28N4OS. The van der Waals surface area contributed by atoms with Gasteiger partial charge in [-0.1, -0.05) is 0 Å². The number of aryl methyl sites for hydroxylation is 2. The van der Waals surface area contributed by atoms with Crippen LogP contribution < -0.4 is 0 Å². The number of rotatable bonds is 5. The predicted octanol–water partition coefficient (Wildman–Crippen LogP) is 3.49. The third kappa shape index (κ3) is 3.32. The topological polar surface area (TPSA) is 52.2 Å². The number of piperidine rings is 1. The Hall–Kier alpha value is -1.66. The van der Waals surface area contributed by atoms with E-state index < -0.39 is 0 Å². The molecule has 0 bridgehead atoms. The minimum absolute atomic E-state index is 0.213. The monoisotopic (exact) mass is 372 g/mol. The van der Waals surface area contributed by atoms with Crippen molar-refractivity contribution in [3.8, 4) is 0 Å². The van der Waals surface area contributed by atoms with Crippen molar-refractivity contribution in [2.75, 3.05) is 13.1 Å². The highest BCUT2D eigenvalue weighted by atomic mass is 32.1. The number of aromatic amines is 1. The van der Waals surface area contributed by atoms with E-state index in [0.29, 0.717) is 11.5 Å². The van der Waals surface area contributed by atoms with Gasteiger partial charge in [-0.3, -0.25) is 14.8 Å². The van der Waals surface area contributed by atoms with Crippen molar-refractivity contribution >= 4 is 17.2 Å². The standard InChI is InChI=1S/C20H28N4OS/c1-14-18(15(2)22-21-14)12-23-7-5-20(6-8-23)10-19(20)24(16(3)25)11-17-4-9-26-13-17/h4,9,13,19H,5-8,10-12H2,1-3H3,(H,21,22)/t19-/m1/s1. The van der Waals surface area contributed by atoms with Gasteiger partial charge in [0.2, 0.25) is 5.91 Å². The number of thiophene rings is 1. The van der Waals surface area contributed by atoms with Gasteiger partial charge in [0.25, 0.3) is 0 Å². The van der Waals surface area contributed by atoms with Crippen molar-refractivity contribution in [3.05, 3.63) is 39.3 Å². The Morgan fingerprint density at radius 3 is 2.77 bits per heavy atom. The Morgan fingerprint density at radius 1 is 1.42 bits per heavy atom. The molecule has 140 valence electrons. The molecule has 2 fully saturated rings. The van der Waals surface area contributed by atoms with E-state index in [9.17, 15) is 4.79 Å². The van der Waals surface area contributed by atoms with Gasteiger partial charge in [0.1, 0.15) is 0 Å². The number of H-pyrrole nitrogens is 1. The van der Waals surface area contributed by atoms with Crippen molar-refractivity contribution in [3.63, 3.8) is 0 Å². The van der Waals surface area contributed by atoms with Gasteiger partial charge in [-0.15, -0.1) is 0 Å². The zero-order valence-electron chi connectivity index (χ0n) is 15.9. The Bertz CT molecular complexity index is 754. The third-order valence-corrected chi connectivity index (χ3v) is 7.11. The zero-order chi connectivity index (χ0) is 18.3. The second-order valence-corrected chi connectivity index (χ2v) is 8.83. The molecular weight excluding hydrogens is 344 g/mol. The summed E-state index contributed by atoms with van der Waals surface area (Å²) in [6.45, 7) is 9.89. The van der Waals surface area contributed by atoms with Crippen LogP contribution in [-0.4, -0.2) is 45.0 Å². The van der Waals surface area contributed by atoms with Gasteiger partial charge in [-0.05, 0) is 74.0 Å². The first kappa shape index (κ1) is 17.7. The molecule has 1 saturated carbocycles. The fraction of sp³-hybridized carbons (Fsp3) is 0.600. The summed E-state index contributed by atoms with van der Waals surface area (Å²) in [6.07, 6.45) is 3.57. The lowest BCUT2D eigenvalue weighted by Crippen LogP contribution is -2.39. The maximum Gasteiger partial charge on any atom is 0.220 e. The van der Waals surface area contributed by atoms with E-state index in [2.05, 4.69) is 50.7 Å². The van der Waals surface area contributed by atoms with E-state index in [4.69, 9.17) is 0 Å². The van der Waals surface area contributed by atoms with E-state index in [1.807, 2.05) is 0 Å². The Balaban J connectivity index is 1.36. The molecule has 1 atom stereocenters. The molecule has 6 heteroatoms. The molecule has 2 aromatic rings. The Morgan fingerprint density at radius 2 is 2.19 bits per heavy atom. The summed E-state index contributed by atoms with van der Waals surface area (Å²) in [5.74, 6) is 0.213. The van der Waals surface area contributed by atoms with Crippen LogP contribution in [0.15, 0.2) is 16.8 Å². The molecule has 1 saturated heterocycles. The summed E-state index contributed by atoms with van der Waals surface area (Å²) in [5, 5.41) is 11.7. The molecule has 0 radical (unpaired) electrons. The third-order valence-electron chi connectivity index (χ3n) is 6.37. The highest BCUT2D eigenvalue weighted by molar-refractivity contribution is 7.07. The smallest absolute Gasteiger partial charge is 0.220 e. The molecule has 1 aliphatic heterocycles. The molecule has 1 amide bonds. The number of nitrogens with zero attached hydrogens (tertiary/aromatic N) is 3. The average Bonchev–Trinajstić information content (AvgIpc) is 2.94. The number of nitrogens with one attached hydrogen (secondary N) is 1. The summed E-state index contributed by atoms with van der Waals surface area (Å²) >= 11 is 1.70. The summed E-state index contributed by atoms with van der Waals surface area (Å²) in [4.78, 5) is 16.9. The molecule has 2 aromatic heterocycles. The number of hydrogen-bond donors (Lipinski definition) is 1. The van der Waals surface area contributed by atoms with Crippen LogP contribution in [0.3, 0.4) is 0 Å². The van der Waals surface area contributed by atoms with Crippen molar-refractivity contribution in [2.45, 2.75) is 59.2 Å². The fourth-order valence-corrected chi connectivity index (χ4v) is 5.17. The lowest BCUT2D eigenvalue weighted by atomic mass is 9.92. The number of hydrogen-bond acceptors (Lipinski definition) is 4. The number of carbonyl (C=O) groups excluding carboxylic acids is 1. The highest BCUT2D eigenvalue weighted by Gasteiger charge is 2.58. The summed E-state index contributed by atoms with van der Waals surface area (Å²) in [7, 11) is 0. The Labute approximate surface area is 159 Å². The Kier molecular flexibility index (Phi) is 4.65. The van der Waals surface area contributed by atoms with Crippen molar-refractivity contribution in [2.24, 2.45) is 5.41 Å². The van der Waals surface area contributed by atoms with Crippen molar-refractivity contribution in [1.29, 1.82) is 0 Å². The minimum atomic E-state index is 0.213. The van der Waals surface area contributed by atoms with Gasteiger partial charge < -0.3 is 4.90 Å². The second kappa shape index (κ2) is 6.82. The van der Waals surface area contributed by atoms with Crippen LogP contribution >= 0.6 is 11.3 Å². The van der Waals surface area contributed by atoms with Crippen LogP contribution in [0.1, 0.15) is 48.7 Å². The van der Waals surface area contributed by atoms with Crippen LogP contribution in [0.2, 0.25) is 0 Å². The largest absolute Gasteiger partial charge is 0.335 e. The van der Waals surface area contributed by atoms with Gasteiger partial charge in [0.05, 0.1) is 5.69 Å². The maximum atomic E-state index is 12.2. The number of carbonyl (C=O) groups is 1. The first-order valence-corrected chi connectivity index (χ1v) is 10.4. The van der Waals surface area contributed by atoms with Gasteiger partial charge >= 0.3 is 0 Å². The van der Waals surface area contributed by atoms with E-state index >= 15 is 0 Å². The van der Waals surface area contributed by atoms with Crippen molar-refractivity contribution < 1.29 is 4.79 Å². The van der Waals surface area contributed by atoms with Gasteiger partial charge in [-0.2, -0.15) is 16.4 Å². The van der Waals surface area contributed by atoms with E-state index in [-0.39, 0.29) is 5.91 Å². The van der Waals surface area contributed by atoms with Crippen LogP contribution in [-0.2, 0) is 17.9 Å². The quantitative estimate of drug-likeness (QED) is 0.874. The minimum Gasteiger partial charge on any atom is -0.335 e. The molecule has 1 spiro atoms. The molecule has 2 aliphatic rings. The van der Waals surface area contributed by atoms with Crippen LogP contribution in [0.5, 0.6) is 0 Å². The SMILES string of the molecule is CC(=O)N(Cc1ccsc1)[C@@H]1CC12CCN(Cc1c(C)n[nH]c1C)CC2. The lowest BCUT2D eigenvalue weighted by Gasteiger charge is -2.34. The molecule has 1 aliphatic carbocycles. The average molecular weight is 373 g/mol. The second-order valence-electron chi connectivity index (χ2n) is 8.05. The molecule has 4 rings (SSSR count). The molecule has 0 aromatic carbocycles. The maximum absolute atomic E-state index is 12.2. The van der Waals surface area contributed by atoms with Gasteiger partial charge in [-0.25, -0.2) is 0 Å². The summed E-state index contributed by atoms with van der Waals surface area (Å²) in [5.41, 5.74) is 5.27. The van der Waals surface area contributed by atoms with E-state index in [1.165, 1.54) is 36.1 Å². The summed E-state index contributed by atoms with van der Waals surface area (Å²) in [6, 6.07) is 2.56. The van der Waals surface area contributed by atoms with Crippen molar-refractivity contribution in [1.82, 2.24) is 20.0 Å². The van der Waals surface area contributed by atoms with Crippen LogP contribution in [0, 0.1) is 19.3 Å². The normalized spacial score (nSPS) is 21.9. The molecule has 3 heterocycles. The molecule has 26 heavy (non-hydrogen) atoms. The van der Waals surface area contributed by atoms with E-state index in [1.54, 1.807) is 18.3 Å². The number of likely N-dealkylation sites (tertiary alicyclic amines) is 1. The summed E-state index contributed by atoms with van der Waals surface area (Å²) < 4.78 is 0. The van der Waals surface area contributed by atoms with Gasteiger partial charge in [0, 0.05) is 37.3 Å². The van der Waals surface area contributed by atoms with Crippen LogP contribution in [0.25, 0.3) is 0 Å². The van der Waals surface area contributed by atoms with Crippen LogP contribution in [0.4, 0.5) is 0 Å². The fourth-order valence-electron chi connectivity index (χ4n) is 4.51. The predicted molar refractivity (Wildman–Crippen MR) is 104 cm³/mol. The first-order chi connectivity index (χ1) is 12.5. The van der Waals surface area contributed by atoms with E-state index in [0.717, 1.165) is 31.9 Å². The molecule has 5 nitrogen and oxygen atoms in total. The molecule has 1 N–H and O–H groups in total.